The van der Waals surface area contributed by atoms with E-state index in [1.807, 2.05) is 30.0 Å². The monoisotopic (exact) mass is 352 g/mol. The summed E-state index contributed by atoms with van der Waals surface area (Å²) in [4.78, 5) is 15.8. The Morgan fingerprint density at radius 2 is 2.00 bits per heavy atom. The van der Waals surface area contributed by atoms with E-state index in [-0.39, 0.29) is 18.3 Å². The van der Waals surface area contributed by atoms with E-state index >= 15 is 0 Å². The van der Waals surface area contributed by atoms with Crippen LogP contribution in [0.25, 0.3) is 10.1 Å². The second-order valence-corrected chi connectivity index (χ2v) is 7.36. The van der Waals surface area contributed by atoms with Gasteiger partial charge in [-0.05, 0) is 47.9 Å². The molecular weight excluding hydrogens is 332 g/mol. The molecule has 0 aliphatic carbocycles. The lowest BCUT2D eigenvalue weighted by molar-refractivity contribution is 0.0786. The number of ether oxygens (including phenoxy) is 1. The van der Waals surface area contributed by atoms with E-state index in [1.54, 1.807) is 18.4 Å². The molecule has 1 aromatic carbocycles. The van der Waals surface area contributed by atoms with E-state index in [1.165, 1.54) is 0 Å². The van der Waals surface area contributed by atoms with Crippen molar-refractivity contribution >= 4 is 39.7 Å². The smallest absolute Gasteiger partial charge is 0.264 e. The first-order valence-corrected chi connectivity index (χ1v) is 8.56. The summed E-state index contributed by atoms with van der Waals surface area (Å²) in [5.74, 6) is 2.32. The zero-order valence-electron chi connectivity index (χ0n) is 13.3. The molecule has 0 radical (unpaired) electrons. The fourth-order valence-corrected chi connectivity index (χ4v) is 4.85. The van der Waals surface area contributed by atoms with Crippen LogP contribution in [0.15, 0.2) is 18.2 Å². The van der Waals surface area contributed by atoms with Crippen molar-refractivity contribution in [3.63, 3.8) is 0 Å². The van der Waals surface area contributed by atoms with Gasteiger partial charge in [0.1, 0.15) is 5.75 Å². The molecule has 6 heteroatoms. The molecular formula is C17H21ClN2O2S. The van der Waals surface area contributed by atoms with Crippen LogP contribution in [0.2, 0.25) is 0 Å². The Labute approximate surface area is 146 Å². The predicted molar refractivity (Wildman–Crippen MR) is 96.1 cm³/mol. The minimum Gasteiger partial charge on any atom is -0.497 e. The van der Waals surface area contributed by atoms with E-state index in [2.05, 4.69) is 5.32 Å². The summed E-state index contributed by atoms with van der Waals surface area (Å²) in [5.41, 5.74) is 1.08. The molecule has 1 aromatic heterocycles. The summed E-state index contributed by atoms with van der Waals surface area (Å²) >= 11 is 1.60. The number of methoxy groups -OCH3 is 1. The predicted octanol–water partition coefficient (Wildman–Crippen LogP) is 2.93. The molecule has 124 valence electrons. The Balaban J connectivity index is 0.00000156. The molecule has 23 heavy (non-hydrogen) atoms. The highest BCUT2D eigenvalue weighted by atomic mass is 35.5. The number of carbonyl (C=O) groups is 1. The van der Waals surface area contributed by atoms with Gasteiger partial charge < -0.3 is 15.0 Å². The van der Waals surface area contributed by atoms with Gasteiger partial charge in [-0.25, -0.2) is 0 Å². The quantitative estimate of drug-likeness (QED) is 0.903. The topological polar surface area (TPSA) is 41.6 Å². The van der Waals surface area contributed by atoms with E-state index in [4.69, 9.17) is 4.74 Å². The number of halogens is 1. The fourth-order valence-electron chi connectivity index (χ4n) is 3.70. The van der Waals surface area contributed by atoms with Crippen molar-refractivity contribution in [2.24, 2.45) is 11.8 Å². The molecule has 0 unspecified atom stereocenters. The molecule has 2 atom stereocenters. The highest BCUT2D eigenvalue weighted by molar-refractivity contribution is 7.21. The first-order chi connectivity index (χ1) is 10.7. The third-order valence-electron chi connectivity index (χ3n) is 5.01. The van der Waals surface area contributed by atoms with Gasteiger partial charge in [-0.3, -0.25) is 4.79 Å². The summed E-state index contributed by atoms with van der Waals surface area (Å²) in [6, 6.07) is 6.03. The largest absolute Gasteiger partial charge is 0.497 e. The van der Waals surface area contributed by atoms with Gasteiger partial charge in [0.15, 0.2) is 0 Å². The summed E-state index contributed by atoms with van der Waals surface area (Å²) in [6.45, 7) is 5.94. The summed E-state index contributed by atoms with van der Waals surface area (Å²) in [7, 11) is 1.67. The number of carbonyl (C=O) groups excluding carboxylic acids is 1. The van der Waals surface area contributed by atoms with Gasteiger partial charge in [-0.2, -0.15) is 0 Å². The SMILES string of the molecule is COc1ccc2sc(C(=O)N3C[C@H]4CNC[C@H]4C3)c(C)c2c1.Cl. The Morgan fingerprint density at radius 1 is 1.30 bits per heavy atom. The summed E-state index contributed by atoms with van der Waals surface area (Å²) in [6.07, 6.45) is 0. The highest BCUT2D eigenvalue weighted by Gasteiger charge is 2.38. The van der Waals surface area contributed by atoms with Crippen LogP contribution in [0.1, 0.15) is 15.2 Å². The third kappa shape index (κ3) is 2.71. The van der Waals surface area contributed by atoms with Crippen LogP contribution in [-0.2, 0) is 0 Å². The molecule has 3 heterocycles. The summed E-state index contributed by atoms with van der Waals surface area (Å²) in [5, 5.41) is 4.55. The van der Waals surface area contributed by atoms with Crippen molar-refractivity contribution in [1.82, 2.24) is 10.2 Å². The second kappa shape index (κ2) is 6.30. The molecule has 2 aromatic rings. The maximum atomic E-state index is 12.9. The molecule has 0 bridgehead atoms. The van der Waals surface area contributed by atoms with Gasteiger partial charge in [0, 0.05) is 30.9 Å². The van der Waals surface area contributed by atoms with E-state index in [0.29, 0.717) is 11.8 Å². The van der Waals surface area contributed by atoms with E-state index in [9.17, 15) is 4.79 Å². The number of hydrogen-bond donors (Lipinski definition) is 1. The maximum absolute atomic E-state index is 12.9. The molecule has 4 nitrogen and oxygen atoms in total. The highest BCUT2D eigenvalue weighted by Crippen LogP contribution is 2.35. The van der Waals surface area contributed by atoms with Gasteiger partial charge in [-0.15, -0.1) is 23.7 Å². The Bertz CT molecular complexity index is 734. The van der Waals surface area contributed by atoms with Crippen molar-refractivity contribution in [2.45, 2.75) is 6.92 Å². The lowest BCUT2D eigenvalue weighted by Crippen LogP contribution is -2.31. The van der Waals surface area contributed by atoms with Gasteiger partial charge >= 0.3 is 0 Å². The van der Waals surface area contributed by atoms with Crippen LogP contribution < -0.4 is 10.1 Å². The number of nitrogens with one attached hydrogen (secondary N) is 1. The zero-order valence-corrected chi connectivity index (χ0v) is 14.9. The van der Waals surface area contributed by atoms with Crippen LogP contribution in [0.5, 0.6) is 5.75 Å². The zero-order chi connectivity index (χ0) is 15.3. The van der Waals surface area contributed by atoms with Crippen molar-refractivity contribution in [3.8, 4) is 5.75 Å². The molecule has 4 rings (SSSR count). The van der Waals surface area contributed by atoms with Gasteiger partial charge in [0.2, 0.25) is 0 Å². The summed E-state index contributed by atoms with van der Waals surface area (Å²) < 4.78 is 6.45. The molecule has 2 fully saturated rings. The van der Waals surface area contributed by atoms with E-state index in [0.717, 1.165) is 52.5 Å². The van der Waals surface area contributed by atoms with Crippen molar-refractivity contribution in [1.29, 1.82) is 0 Å². The molecule has 0 saturated carbocycles. The number of fused-ring (bicyclic) bond motifs is 2. The number of amides is 1. The van der Waals surface area contributed by atoms with Crippen molar-refractivity contribution in [2.75, 3.05) is 33.3 Å². The van der Waals surface area contributed by atoms with Gasteiger partial charge in [-0.1, -0.05) is 0 Å². The number of hydrogen-bond acceptors (Lipinski definition) is 4. The molecule has 1 N–H and O–H groups in total. The van der Waals surface area contributed by atoms with Crippen LogP contribution in [0.4, 0.5) is 0 Å². The molecule has 2 aliphatic heterocycles. The lowest BCUT2D eigenvalue weighted by atomic mass is 10.0. The molecule has 1 amide bonds. The number of likely N-dealkylation sites (tertiary alicyclic amines) is 1. The number of nitrogens with zero attached hydrogens (tertiary/aromatic N) is 1. The first-order valence-electron chi connectivity index (χ1n) is 7.74. The number of thiophene rings is 1. The third-order valence-corrected chi connectivity index (χ3v) is 6.28. The average molecular weight is 353 g/mol. The number of benzene rings is 1. The lowest BCUT2D eigenvalue weighted by Gasteiger charge is -2.17. The first kappa shape index (κ1) is 16.6. The van der Waals surface area contributed by atoms with E-state index < -0.39 is 0 Å². The number of aryl methyl sites for hydroxylation is 1. The Kier molecular flexibility index (Phi) is 4.54. The van der Waals surface area contributed by atoms with Crippen LogP contribution in [0.3, 0.4) is 0 Å². The van der Waals surface area contributed by atoms with Crippen LogP contribution >= 0.6 is 23.7 Å². The maximum Gasteiger partial charge on any atom is 0.264 e. The molecule has 2 aliphatic rings. The van der Waals surface area contributed by atoms with Crippen LogP contribution in [-0.4, -0.2) is 44.1 Å². The van der Waals surface area contributed by atoms with Gasteiger partial charge in [0.25, 0.3) is 5.91 Å². The minimum atomic E-state index is 0. The van der Waals surface area contributed by atoms with Gasteiger partial charge in [0.05, 0.1) is 12.0 Å². The Morgan fingerprint density at radius 3 is 2.65 bits per heavy atom. The molecule has 2 saturated heterocycles. The Hall–Kier alpha value is -1.30. The van der Waals surface area contributed by atoms with Crippen LogP contribution in [0, 0.1) is 18.8 Å². The standard InChI is InChI=1S/C17H20N2O2S.ClH/c1-10-14-5-13(21-2)3-4-15(14)22-16(10)17(20)19-8-11-6-18-7-12(11)9-19;/h3-5,11-12,18H,6-9H2,1-2H3;1H/t11-,12+;. The minimum absolute atomic E-state index is 0. The average Bonchev–Trinajstić information content (AvgIpc) is 3.19. The van der Waals surface area contributed by atoms with Crippen molar-refractivity contribution < 1.29 is 9.53 Å². The second-order valence-electron chi connectivity index (χ2n) is 6.31. The normalized spacial score (nSPS) is 23.0. The number of rotatable bonds is 2. The fraction of sp³-hybridized carbons (Fsp3) is 0.471. The molecule has 0 spiro atoms. The van der Waals surface area contributed by atoms with Crippen molar-refractivity contribution in [3.05, 3.63) is 28.6 Å².